The number of carboxylic acids is 2. The van der Waals surface area contributed by atoms with Gasteiger partial charge in [0.15, 0.2) is 6.10 Å². The fraction of sp³-hybridized carbons (Fsp3) is 0.571. The molecule has 0 saturated heterocycles. The van der Waals surface area contributed by atoms with Crippen LogP contribution in [-0.2, 0) is 14.3 Å². The Morgan fingerprint density at radius 2 is 1.93 bits per heavy atom. The Kier molecular flexibility index (Phi) is 5.47. The minimum absolute atomic E-state index is 0.147. The van der Waals surface area contributed by atoms with Crippen LogP contribution in [0.1, 0.15) is 13.3 Å². The molecule has 0 aromatic carbocycles. The third-order valence-electron chi connectivity index (χ3n) is 1.51. The Bertz CT molecular complexity index is 252. The fourth-order valence-corrected chi connectivity index (χ4v) is 0.986. The standard InChI is InChI=1S/C7H10O5S2/c1-3(5(8)9)2-4(6(10)11)12-7(13)14/h3-4H,2H2,1H3,(H,8,9)(H,10,11)(H,13,14). The molecule has 0 aliphatic carbocycles. The summed E-state index contributed by atoms with van der Waals surface area (Å²) in [5.41, 5.74) is 0. The van der Waals surface area contributed by atoms with Gasteiger partial charge in [0.05, 0.1) is 5.92 Å². The van der Waals surface area contributed by atoms with Gasteiger partial charge in [0.2, 0.25) is 4.38 Å². The van der Waals surface area contributed by atoms with Crippen LogP contribution in [0.4, 0.5) is 0 Å². The third-order valence-corrected chi connectivity index (χ3v) is 1.71. The first-order chi connectivity index (χ1) is 6.34. The van der Waals surface area contributed by atoms with E-state index in [1.54, 1.807) is 0 Å². The third kappa shape index (κ3) is 5.03. The van der Waals surface area contributed by atoms with Crippen molar-refractivity contribution >= 4 is 41.2 Å². The summed E-state index contributed by atoms with van der Waals surface area (Å²) in [7, 11) is 0. The van der Waals surface area contributed by atoms with Crippen LogP contribution in [0.15, 0.2) is 0 Å². The molecule has 0 aromatic heterocycles. The summed E-state index contributed by atoms with van der Waals surface area (Å²) in [6, 6.07) is 0. The van der Waals surface area contributed by atoms with Crippen molar-refractivity contribution in [3.63, 3.8) is 0 Å². The summed E-state index contributed by atoms with van der Waals surface area (Å²) >= 11 is 8.05. The highest BCUT2D eigenvalue weighted by molar-refractivity contribution is 8.10. The molecule has 5 nitrogen and oxygen atoms in total. The molecular formula is C7H10O5S2. The van der Waals surface area contributed by atoms with Gasteiger partial charge < -0.3 is 14.9 Å². The number of aliphatic carboxylic acids is 2. The van der Waals surface area contributed by atoms with E-state index in [9.17, 15) is 9.59 Å². The van der Waals surface area contributed by atoms with Gasteiger partial charge in [-0.15, -0.1) is 0 Å². The van der Waals surface area contributed by atoms with Gasteiger partial charge in [-0.3, -0.25) is 4.79 Å². The molecule has 0 saturated carbocycles. The lowest BCUT2D eigenvalue weighted by molar-refractivity contribution is -0.148. The Labute approximate surface area is 91.5 Å². The van der Waals surface area contributed by atoms with E-state index >= 15 is 0 Å². The highest BCUT2D eigenvalue weighted by Crippen LogP contribution is 2.11. The van der Waals surface area contributed by atoms with Gasteiger partial charge in [-0.25, -0.2) is 4.79 Å². The van der Waals surface area contributed by atoms with Crippen molar-refractivity contribution in [1.29, 1.82) is 0 Å². The zero-order valence-electron chi connectivity index (χ0n) is 7.34. The van der Waals surface area contributed by atoms with Crippen molar-refractivity contribution in [2.75, 3.05) is 0 Å². The zero-order chi connectivity index (χ0) is 11.3. The topological polar surface area (TPSA) is 83.8 Å². The Morgan fingerprint density at radius 1 is 1.43 bits per heavy atom. The number of hydrogen-bond acceptors (Lipinski definition) is 4. The summed E-state index contributed by atoms with van der Waals surface area (Å²) in [5, 5.41) is 17.2. The lowest BCUT2D eigenvalue weighted by Gasteiger charge is -2.15. The molecule has 0 heterocycles. The summed E-state index contributed by atoms with van der Waals surface area (Å²) < 4.78 is 4.45. The van der Waals surface area contributed by atoms with E-state index in [-0.39, 0.29) is 10.8 Å². The van der Waals surface area contributed by atoms with E-state index in [2.05, 4.69) is 29.6 Å². The predicted molar refractivity (Wildman–Crippen MR) is 55.5 cm³/mol. The van der Waals surface area contributed by atoms with E-state index in [1.807, 2.05) is 0 Å². The molecule has 14 heavy (non-hydrogen) atoms. The van der Waals surface area contributed by atoms with Crippen molar-refractivity contribution < 1.29 is 24.5 Å². The van der Waals surface area contributed by atoms with Gasteiger partial charge in [-0.1, -0.05) is 19.6 Å². The number of ether oxygens (including phenoxy) is 1. The maximum absolute atomic E-state index is 10.6. The molecule has 80 valence electrons. The molecule has 0 aliphatic rings. The first-order valence-electron chi connectivity index (χ1n) is 3.69. The monoisotopic (exact) mass is 238 g/mol. The van der Waals surface area contributed by atoms with Crippen LogP contribution in [0.2, 0.25) is 0 Å². The normalized spacial score (nSPS) is 14.1. The Hall–Kier alpha value is -0.820. The average molecular weight is 238 g/mol. The average Bonchev–Trinajstić information content (AvgIpc) is 2.01. The maximum Gasteiger partial charge on any atom is 0.344 e. The SMILES string of the molecule is CC(CC(OC(=S)S)C(=O)O)C(=O)O. The van der Waals surface area contributed by atoms with Gasteiger partial charge in [-0.05, 0) is 12.2 Å². The highest BCUT2D eigenvalue weighted by Gasteiger charge is 2.25. The first kappa shape index (κ1) is 13.2. The quantitative estimate of drug-likeness (QED) is 0.485. The fourth-order valence-electron chi connectivity index (χ4n) is 0.743. The zero-order valence-corrected chi connectivity index (χ0v) is 9.05. The summed E-state index contributed by atoms with van der Waals surface area (Å²) in [4.78, 5) is 21.0. The van der Waals surface area contributed by atoms with E-state index in [0.29, 0.717) is 0 Å². The van der Waals surface area contributed by atoms with Crippen molar-refractivity contribution in [1.82, 2.24) is 0 Å². The second-order valence-corrected chi connectivity index (χ2v) is 3.77. The van der Waals surface area contributed by atoms with Crippen LogP contribution in [0, 0.1) is 5.92 Å². The van der Waals surface area contributed by atoms with Crippen LogP contribution in [0.25, 0.3) is 0 Å². The van der Waals surface area contributed by atoms with Gasteiger partial charge in [0, 0.05) is 6.42 Å². The van der Waals surface area contributed by atoms with Gasteiger partial charge in [0.1, 0.15) is 0 Å². The van der Waals surface area contributed by atoms with Crippen LogP contribution in [0.3, 0.4) is 0 Å². The van der Waals surface area contributed by atoms with E-state index in [4.69, 9.17) is 10.2 Å². The molecule has 0 aromatic rings. The van der Waals surface area contributed by atoms with Crippen molar-refractivity contribution in [2.45, 2.75) is 19.4 Å². The number of rotatable bonds is 5. The molecule has 0 radical (unpaired) electrons. The molecule has 2 atom stereocenters. The first-order valence-corrected chi connectivity index (χ1v) is 4.55. The molecule has 0 amide bonds. The van der Waals surface area contributed by atoms with Gasteiger partial charge in [-0.2, -0.15) is 0 Å². The molecule has 7 heteroatoms. The summed E-state index contributed by atoms with van der Waals surface area (Å²) in [6.45, 7) is 1.39. The Balaban J connectivity index is 4.30. The summed E-state index contributed by atoms with van der Waals surface area (Å²) in [5.74, 6) is -3.14. The Morgan fingerprint density at radius 3 is 2.21 bits per heavy atom. The predicted octanol–water partition coefficient (Wildman–Crippen LogP) is 0.782. The second kappa shape index (κ2) is 5.82. The molecule has 0 spiro atoms. The van der Waals surface area contributed by atoms with Gasteiger partial charge >= 0.3 is 11.9 Å². The smallest absolute Gasteiger partial charge is 0.344 e. The summed E-state index contributed by atoms with van der Waals surface area (Å²) in [6.07, 6.45) is -1.41. The van der Waals surface area contributed by atoms with Crippen molar-refractivity contribution in [3.8, 4) is 0 Å². The van der Waals surface area contributed by atoms with Crippen LogP contribution in [-0.4, -0.2) is 32.6 Å². The molecule has 0 fully saturated rings. The minimum atomic E-state index is -1.26. The number of thiol groups is 1. The van der Waals surface area contributed by atoms with E-state index in [1.165, 1.54) is 6.92 Å². The molecular weight excluding hydrogens is 228 g/mol. The molecule has 0 aliphatic heterocycles. The number of carboxylic acid groups (broad SMARTS) is 2. The maximum atomic E-state index is 10.6. The van der Waals surface area contributed by atoms with Crippen molar-refractivity contribution in [2.24, 2.45) is 5.92 Å². The second-order valence-electron chi connectivity index (χ2n) is 2.69. The van der Waals surface area contributed by atoms with Gasteiger partial charge in [0.25, 0.3) is 0 Å². The molecule has 0 rings (SSSR count). The van der Waals surface area contributed by atoms with Crippen LogP contribution < -0.4 is 0 Å². The molecule has 2 N–H and O–H groups in total. The molecule has 2 unspecified atom stereocenters. The van der Waals surface area contributed by atoms with E-state index in [0.717, 1.165) is 0 Å². The number of carbonyl (C=O) groups is 2. The lowest BCUT2D eigenvalue weighted by Crippen LogP contribution is -2.29. The van der Waals surface area contributed by atoms with Crippen molar-refractivity contribution in [3.05, 3.63) is 0 Å². The van der Waals surface area contributed by atoms with Crippen LogP contribution >= 0.6 is 24.8 Å². The highest BCUT2D eigenvalue weighted by atomic mass is 32.1. The molecule has 0 bridgehead atoms. The van der Waals surface area contributed by atoms with Crippen LogP contribution in [0.5, 0.6) is 0 Å². The minimum Gasteiger partial charge on any atom is -0.481 e. The lowest BCUT2D eigenvalue weighted by atomic mass is 10.0. The van der Waals surface area contributed by atoms with E-state index < -0.39 is 24.0 Å². The largest absolute Gasteiger partial charge is 0.481 e. The number of thiocarbonyl (C=S) groups is 1. The number of hydrogen-bond donors (Lipinski definition) is 3.